The van der Waals surface area contributed by atoms with Gasteiger partial charge in [0.05, 0.1) is 5.56 Å². The third-order valence-corrected chi connectivity index (χ3v) is 2.59. The summed E-state index contributed by atoms with van der Waals surface area (Å²) >= 11 is 0. The summed E-state index contributed by atoms with van der Waals surface area (Å²) in [6.07, 6.45) is -3.58. The van der Waals surface area contributed by atoms with E-state index in [9.17, 15) is 17.6 Å². The Balaban J connectivity index is 2.84. The van der Waals surface area contributed by atoms with Crippen molar-refractivity contribution in [3.05, 3.63) is 35.1 Å². The first-order chi connectivity index (χ1) is 8.36. The van der Waals surface area contributed by atoms with Crippen molar-refractivity contribution in [3.63, 3.8) is 0 Å². The molecule has 18 heavy (non-hydrogen) atoms. The fourth-order valence-corrected chi connectivity index (χ4v) is 1.61. The number of halogens is 4. The van der Waals surface area contributed by atoms with Crippen LogP contribution in [0.25, 0.3) is 0 Å². The van der Waals surface area contributed by atoms with Gasteiger partial charge in [-0.05, 0) is 30.5 Å². The SMILES string of the molecule is COCCCC(N)c1ccc(F)c(C(F)(F)F)c1. The maximum absolute atomic E-state index is 13.1. The number of hydrogen-bond donors (Lipinski definition) is 1. The van der Waals surface area contributed by atoms with Crippen molar-refractivity contribution in [2.24, 2.45) is 5.73 Å². The van der Waals surface area contributed by atoms with E-state index in [-0.39, 0.29) is 5.56 Å². The number of rotatable bonds is 5. The summed E-state index contributed by atoms with van der Waals surface area (Å²) in [5.41, 5.74) is 4.75. The quantitative estimate of drug-likeness (QED) is 0.655. The molecule has 1 rings (SSSR count). The molecule has 0 bridgehead atoms. The van der Waals surface area contributed by atoms with Crippen LogP contribution in [0.5, 0.6) is 0 Å². The minimum absolute atomic E-state index is 0.278. The summed E-state index contributed by atoms with van der Waals surface area (Å²) in [6.45, 7) is 0.487. The molecule has 0 amide bonds. The number of methoxy groups -OCH3 is 1. The van der Waals surface area contributed by atoms with Crippen molar-refractivity contribution in [1.82, 2.24) is 0 Å². The molecule has 0 spiro atoms. The molecule has 0 heterocycles. The molecule has 0 radical (unpaired) electrons. The Morgan fingerprint density at radius 3 is 2.56 bits per heavy atom. The number of ether oxygens (including phenoxy) is 1. The van der Waals surface area contributed by atoms with E-state index >= 15 is 0 Å². The molecule has 0 aliphatic rings. The second kappa shape index (κ2) is 6.15. The first-order valence-electron chi connectivity index (χ1n) is 5.47. The van der Waals surface area contributed by atoms with Gasteiger partial charge in [0.1, 0.15) is 5.82 Å². The molecule has 0 aliphatic heterocycles. The van der Waals surface area contributed by atoms with Crippen molar-refractivity contribution < 1.29 is 22.3 Å². The molecule has 6 heteroatoms. The molecule has 0 aliphatic carbocycles. The van der Waals surface area contributed by atoms with E-state index in [1.165, 1.54) is 13.2 Å². The lowest BCUT2D eigenvalue weighted by atomic mass is 10.0. The molecule has 0 fully saturated rings. The topological polar surface area (TPSA) is 35.2 Å². The predicted molar refractivity (Wildman–Crippen MR) is 59.4 cm³/mol. The van der Waals surface area contributed by atoms with Gasteiger partial charge in [-0.15, -0.1) is 0 Å². The second-order valence-electron chi connectivity index (χ2n) is 3.98. The van der Waals surface area contributed by atoms with Gasteiger partial charge in [-0.25, -0.2) is 4.39 Å². The van der Waals surface area contributed by atoms with Crippen LogP contribution in [0, 0.1) is 5.82 Å². The van der Waals surface area contributed by atoms with E-state index in [0.717, 1.165) is 12.1 Å². The molecule has 1 aromatic rings. The Bertz CT molecular complexity index is 392. The van der Waals surface area contributed by atoms with Crippen LogP contribution in [-0.4, -0.2) is 13.7 Å². The monoisotopic (exact) mass is 265 g/mol. The Kier molecular flexibility index (Phi) is 5.10. The van der Waals surface area contributed by atoms with Crippen LogP contribution in [0.2, 0.25) is 0 Å². The van der Waals surface area contributed by atoms with Crippen LogP contribution in [0.3, 0.4) is 0 Å². The van der Waals surface area contributed by atoms with Gasteiger partial charge >= 0.3 is 6.18 Å². The van der Waals surface area contributed by atoms with Crippen molar-refractivity contribution in [1.29, 1.82) is 0 Å². The van der Waals surface area contributed by atoms with Gasteiger partial charge in [0.25, 0.3) is 0 Å². The van der Waals surface area contributed by atoms with Gasteiger partial charge in [0, 0.05) is 19.8 Å². The molecular formula is C12H15F4NO. The lowest BCUT2D eigenvalue weighted by Crippen LogP contribution is -2.14. The number of hydrogen-bond acceptors (Lipinski definition) is 2. The third-order valence-electron chi connectivity index (χ3n) is 2.59. The molecule has 0 saturated heterocycles. The van der Waals surface area contributed by atoms with Gasteiger partial charge in [-0.1, -0.05) is 6.07 Å². The lowest BCUT2D eigenvalue weighted by molar-refractivity contribution is -0.140. The molecule has 2 N–H and O–H groups in total. The molecule has 1 unspecified atom stereocenters. The molecule has 102 valence electrons. The standard InChI is InChI=1S/C12H15F4NO/c1-18-6-2-3-11(17)8-4-5-10(13)9(7-8)12(14,15)16/h4-5,7,11H,2-3,6,17H2,1H3. The zero-order valence-corrected chi connectivity index (χ0v) is 9.93. The highest BCUT2D eigenvalue weighted by Gasteiger charge is 2.34. The van der Waals surface area contributed by atoms with E-state index in [1.54, 1.807) is 0 Å². The largest absolute Gasteiger partial charge is 0.419 e. The summed E-state index contributed by atoms with van der Waals surface area (Å²) in [6, 6.07) is 2.30. The second-order valence-corrected chi connectivity index (χ2v) is 3.98. The van der Waals surface area contributed by atoms with E-state index in [4.69, 9.17) is 10.5 Å². The van der Waals surface area contributed by atoms with Gasteiger partial charge in [0.15, 0.2) is 0 Å². The van der Waals surface area contributed by atoms with Crippen molar-refractivity contribution in [2.75, 3.05) is 13.7 Å². The van der Waals surface area contributed by atoms with E-state index in [2.05, 4.69) is 0 Å². The van der Waals surface area contributed by atoms with Crippen LogP contribution < -0.4 is 5.73 Å². The van der Waals surface area contributed by atoms with Crippen molar-refractivity contribution in [2.45, 2.75) is 25.1 Å². The first kappa shape index (κ1) is 14.9. The number of benzene rings is 1. The van der Waals surface area contributed by atoms with Crippen LogP contribution in [0.15, 0.2) is 18.2 Å². The maximum atomic E-state index is 13.1. The van der Waals surface area contributed by atoms with E-state index < -0.39 is 23.6 Å². The van der Waals surface area contributed by atoms with E-state index in [1.807, 2.05) is 0 Å². The molecule has 0 aromatic heterocycles. The highest BCUT2D eigenvalue weighted by molar-refractivity contribution is 5.29. The smallest absolute Gasteiger partial charge is 0.385 e. The zero-order valence-electron chi connectivity index (χ0n) is 9.93. The summed E-state index contributed by atoms with van der Waals surface area (Å²) < 4.78 is 55.4. The number of alkyl halides is 3. The van der Waals surface area contributed by atoms with Gasteiger partial charge in [-0.2, -0.15) is 13.2 Å². The normalized spacial score (nSPS) is 13.7. The lowest BCUT2D eigenvalue weighted by Gasteiger charge is -2.15. The minimum atomic E-state index is -4.70. The molecule has 2 nitrogen and oxygen atoms in total. The maximum Gasteiger partial charge on any atom is 0.419 e. The van der Waals surface area contributed by atoms with Crippen LogP contribution in [-0.2, 0) is 10.9 Å². The summed E-state index contributed by atoms with van der Waals surface area (Å²) in [7, 11) is 1.53. The summed E-state index contributed by atoms with van der Waals surface area (Å²) in [4.78, 5) is 0. The first-order valence-corrected chi connectivity index (χ1v) is 5.47. The fraction of sp³-hybridized carbons (Fsp3) is 0.500. The molecule has 0 saturated carbocycles. The Hall–Kier alpha value is -1.14. The average Bonchev–Trinajstić information content (AvgIpc) is 2.28. The predicted octanol–water partition coefficient (Wildman–Crippen LogP) is 3.27. The zero-order chi connectivity index (χ0) is 13.8. The Morgan fingerprint density at radius 1 is 1.33 bits per heavy atom. The summed E-state index contributed by atoms with van der Waals surface area (Å²) in [5, 5.41) is 0. The van der Waals surface area contributed by atoms with Crippen LogP contribution in [0.1, 0.15) is 30.0 Å². The van der Waals surface area contributed by atoms with Crippen molar-refractivity contribution >= 4 is 0 Å². The minimum Gasteiger partial charge on any atom is -0.385 e. The van der Waals surface area contributed by atoms with Gasteiger partial charge in [-0.3, -0.25) is 0 Å². The summed E-state index contributed by atoms with van der Waals surface area (Å²) in [5.74, 6) is -1.28. The van der Waals surface area contributed by atoms with Gasteiger partial charge in [0.2, 0.25) is 0 Å². The van der Waals surface area contributed by atoms with Crippen molar-refractivity contribution in [3.8, 4) is 0 Å². The number of nitrogens with two attached hydrogens (primary N) is 1. The molecular weight excluding hydrogens is 250 g/mol. The highest BCUT2D eigenvalue weighted by Crippen LogP contribution is 2.33. The Labute approximate surface area is 103 Å². The Morgan fingerprint density at radius 2 is 2.00 bits per heavy atom. The van der Waals surface area contributed by atoms with E-state index in [0.29, 0.717) is 19.4 Å². The van der Waals surface area contributed by atoms with Crippen LogP contribution >= 0.6 is 0 Å². The van der Waals surface area contributed by atoms with Crippen LogP contribution in [0.4, 0.5) is 17.6 Å². The third kappa shape index (κ3) is 3.96. The van der Waals surface area contributed by atoms with Gasteiger partial charge < -0.3 is 10.5 Å². The fourth-order valence-electron chi connectivity index (χ4n) is 1.61. The highest BCUT2D eigenvalue weighted by atomic mass is 19.4. The molecule has 1 aromatic carbocycles. The molecule has 1 atom stereocenters. The average molecular weight is 265 g/mol.